The maximum Gasteiger partial charge on any atom is 0.332 e. The van der Waals surface area contributed by atoms with Gasteiger partial charge in [0, 0.05) is 9.13 Å². The molecule has 0 bridgehead atoms. The van der Waals surface area contributed by atoms with Crippen molar-refractivity contribution in [2.24, 2.45) is 5.73 Å². The van der Waals surface area contributed by atoms with Gasteiger partial charge in [0.2, 0.25) is 0 Å². The number of aromatic nitrogens is 4. The van der Waals surface area contributed by atoms with E-state index in [1.807, 2.05) is 24.3 Å². The number of nitrogens with two attached hydrogens (primary N) is 1. The van der Waals surface area contributed by atoms with Crippen LogP contribution in [0.3, 0.4) is 0 Å². The summed E-state index contributed by atoms with van der Waals surface area (Å²) in [6.07, 6.45) is 0. The number of methoxy groups -OCH3 is 1. The van der Waals surface area contributed by atoms with Crippen molar-refractivity contribution in [2.75, 3.05) is 7.11 Å². The van der Waals surface area contributed by atoms with Crippen LogP contribution >= 0.6 is 22.6 Å². The Labute approximate surface area is 172 Å². The number of aromatic amines is 1. The molecule has 0 spiro atoms. The molecular weight excluding hydrogens is 473 g/mol. The predicted molar refractivity (Wildman–Crippen MR) is 113 cm³/mol. The van der Waals surface area contributed by atoms with Crippen LogP contribution in [0.2, 0.25) is 0 Å². The van der Waals surface area contributed by atoms with Crippen LogP contribution in [0.25, 0.3) is 28.2 Å². The second kappa shape index (κ2) is 7.08. The van der Waals surface area contributed by atoms with Crippen LogP contribution in [0.4, 0.5) is 0 Å². The minimum absolute atomic E-state index is 0.0516. The molecule has 0 atom stereocenters. The molecule has 0 aliphatic carbocycles. The third kappa shape index (κ3) is 3.03. The highest BCUT2D eigenvalue weighted by atomic mass is 127. The summed E-state index contributed by atoms with van der Waals surface area (Å²) in [6, 6.07) is 14.5. The van der Waals surface area contributed by atoms with Gasteiger partial charge in [0.1, 0.15) is 11.3 Å². The van der Waals surface area contributed by atoms with Gasteiger partial charge in [0.05, 0.1) is 12.8 Å². The molecule has 0 unspecified atom stereocenters. The van der Waals surface area contributed by atoms with Crippen LogP contribution in [-0.2, 0) is 0 Å². The van der Waals surface area contributed by atoms with Gasteiger partial charge in [-0.3, -0.25) is 4.79 Å². The zero-order valence-corrected chi connectivity index (χ0v) is 16.8. The largest absolute Gasteiger partial charge is 0.495 e. The summed E-state index contributed by atoms with van der Waals surface area (Å²) in [5.74, 6) is 0.0217. The lowest BCUT2D eigenvalue weighted by Crippen LogP contribution is -2.16. The Balaban J connectivity index is 2.07. The van der Waals surface area contributed by atoms with Gasteiger partial charge in [-0.15, -0.1) is 0 Å². The number of amides is 1. The molecule has 2 aromatic carbocycles. The summed E-state index contributed by atoms with van der Waals surface area (Å²) in [4.78, 5) is 36.2. The Hall–Kier alpha value is -3.21. The molecule has 2 aromatic heterocycles. The van der Waals surface area contributed by atoms with E-state index in [0.29, 0.717) is 22.8 Å². The number of fused-ring (bicyclic) bond motifs is 1. The maximum absolute atomic E-state index is 12.7. The minimum atomic E-state index is -0.757. The van der Waals surface area contributed by atoms with Crippen molar-refractivity contribution in [2.45, 2.75) is 0 Å². The molecular formula is C19H14IN5O3. The molecule has 8 nitrogen and oxygen atoms in total. The maximum atomic E-state index is 12.7. The lowest BCUT2D eigenvalue weighted by molar-refractivity contribution is 0.0997. The topological polar surface area (TPSA) is 116 Å². The number of imidazole rings is 1. The molecule has 0 fully saturated rings. The van der Waals surface area contributed by atoms with E-state index in [-0.39, 0.29) is 16.9 Å². The highest BCUT2D eigenvalue weighted by Gasteiger charge is 2.21. The normalized spacial score (nSPS) is 10.9. The average Bonchev–Trinajstić information content (AvgIpc) is 3.03. The average molecular weight is 487 g/mol. The molecule has 3 N–H and O–H groups in total. The second-order valence-corrected chi connectivity index (χ2v) is 7.15. The summed E-state index contributed by atoms with van der Waals surface area (Å²) in [6.45, 7) is 0. The molecule has 0 saturated carbocycles. The van der Waals surface area contributed by atoms with E-state index in [4.69, 9.17) is 10.5 Å². The molecule has 9 heteroatoms. The number of benzene rings is 2. The van der Waals surface area contributed by atoms with Crippen LogP contribution in [0.5, 0.6) is 5.75 Å². The Kier molecular flexibility index (Phi) is 4.59. The molecule has 1 amide bonds. The number of rotatable bonds is 4. The quantitative estimate of drug-likeness (QED) is 0.430. The zero-order chi connectivity index (χ0) is 19.8. The van der Waals surface area contributed by atoms with Gasteiger partial charge >= 0.3 is 5.69 Å². The third-order valence-electron chi connectivity index (χ3n) is 4.20. The van der Waals surface area contributed by atoms with Crippen molar-refractivity contribution >= 4 is 39.7 Å². The molecule has 28 heavy (non-hydrogen) atoms. The Bertz CT molecular complexity index is 1260. The fraction of sp³-hybridized carbons (Fsp3) is 0.0526. The summed E-state index contributed by atoms with van der Waals surface area (Å²) < 4.78 is 7.76. The van der Waals surface area contributed by atoms with Gasteiger partial charge in [-0.05, 0) is 46.9 Å². The van der Waals surface area contributed by atoms with Crippen molar-refractivity contribution in [1.29, 1.82) is 0 Å². The fourth-order valence-corrected chi connectivity index (χ4v) is 3.29. The summed E-state index contributed by atoms with van der Waals surface area (Å²) >= 11 is 2.19. The van der Waals surface area contributed by atoms with Gasteiger partial charge in [-0.1, -0.05) is 24.3 Å². The summed E-state index contributed by atoms with van der Waals surface area (Å²) in [5, 5.41) is 0. The van der Waals surface area contributed by atoms with E-state index in [0.717, 1.165) is 3.57 Å². The molecule has 0 saturated heterocycles. The molecule has 0 aliphatic heterocycles. The van der Waals surface area contributed by atoms with Crippen LogP contribution in [0, 0.1) is 3.57 Å². The Morgan fingerprint density at radius 3 is 2.54 bits per heavy atom. The fourth-order valence-electron chi connectivity index (χ4n) is 2.93. The third-order valence-corrected chi connectivity index (χ3v) is 4.92. The van der Waals surface area contributed by atoms with Crippen LogP contribution < -0.4 is 16.2 Å². The molecule has 2 heterocycles. The summed E-state index contributed by atoms with van der Waals surface area (Å²) in [5.41, 5.74) is 6.60. The van der Waals surface area contributed by atoms with E-state index < -0.39 is 11.6 Å². The molecule has 4 rings (SSSR count). The first kappa shape index (κ1) is 18.2. The SMILES string of the molecule is COc1ccccc1-n1c(=O)[nH]c2c(C(N)=O)nc(-c3ccc(I)cc3)nc21. The first-order chi connectivity index (χ1) is 13.5. The van der Waals surface area contributed by atoms with E-state index in [1.54, 1.807) is 24.3 Å². The predicted octanol–water partition coefficient (Wildman–Crippen LogP) is 2.49. The number of halogens is 1. The van der Waals surface area contributed by atoms with Gasteiger partial charge < -0.3 is 15.5 Å². The van der Waals surface area contributed by atoms with E-state index in [1.165, 1.54) is 11.7 Å². The number of hydrogen-bond acceptors (Lipinski definition) is 5. The van der Waals surface area contributed by atoms with Crippen molar-refractivity contribution in [1.82, 2.24) is 19.5 Å². The van der Waals surface area contributed by atoms with Crippen molar-refractivity contribution in [3.05, 3.63) is 68.3 Å². The number of H-pyrrole nitrogens is 1. The first-order valence-corrected chi connectivity index (χ1v) is 9.29. The molecule has 0 aliphatic rings. The lowest BCUT2D eigenvalue weighted by atomic mass is 10.2. The Morgan fingerprint density at radius 2 is 1.86 bits per heavy atom. The minimum Gasteiger partial charge on any atom is -0.495 e. The van der Waals surface area contributed by atoms with Crippen molar-refractivity contribution in [3.63, 3.8) is 0 Å². The van der Waals surface area contributed by atoms with E-state index in [9.17, 15) is 9.59 Å². The molecule has 140 valence electrons. The van der Waals surface area contributed by atoms with Gasteiger partial charge in [0.25, 0.3) is 5.91 Å². The van der Waals surface area contributed by atoms with Crippen LogP contribution in [0.15, 0.2) is 53.3 Å². The number of carbonyl (C=O) groups excluding carboxylic acids is 1. The van der Waals surface area contributed by atoms with E-state index >= 15 is 0 Å². The monoisotopic (exact) mass is 487 g/mol. The highest BCUT2D eigenvalue weighted by Crippen LogP contribution is 2.26. The highest BCUT2D eigenvalue weighted by molar-refractivity contribution is 14.1. The summed E-state index contributed by atoms with van der Waals surface area (Å²) in [7, 11) is 1.51. The number of hydrogen-bond donors (Lipinski definition) is 2. The number of para-hydroxylation sites is 2. The first-order valence-electron chi connectivity index (χ1n) is 8.21. The van der Waals surface area contributed by atoms with Gasteiger partial charge in [-0.2, -0.15) is 0 Å². The molecule has 4 aromatic rings. The number of primary amides is 1. The number of nitrogens with zero attached hydrogens (tertiary/aromatic N) is 3. The van der Waals surface area contributed by atoms with Crippen LogP contribution in [-0.4, -0.2) is 32.5 Å². The zero-order valence-electron chi connectivity index (χ0n) is 14.6. The van der Waals surface area contributed by atoms with Gasteiger partial charge in [0.15, 0.2) is 17.2 Å². The van der Waals surface area contributed by atoms with Crippen LogP contribution in [0.1, 0.15) is 10.5 Å². The van der Waals surface area contributed by atoms with Crippen molar-refractivity contribution in [3.8, 4) is 22.8 Å². The Morgan fingerprint density at radius 1 is 1.14 bits per heavy atom. The lowest BCUT2D eigenvalue weighted by Gasteiger charge is -2.10. The van der Waals surface area contributed by atoms with E-state index in [2.05, 4.69) is 37.5 Å². The van der Waals surface area contributed by atoms with Gasteiger partial charge in [-0.25, -0.2) is 19.3 Å². The smallest absolute Gasteiger partial charge is 0.332 e. The number of nitrogens with one attached hydrogen (secondary N) is 1. The number of ether oxygens (including phenoxy) is 1. The number of carbonyl (C=O) groups is 1. The second-order valence-electron chi connectivity index (χ2n) is 5.90. The molecule has 0 radical (unpaired) electrons. The van der Waals surface area contributed by atoms with Crippen molar-refractivity contribution < 1.29 is 9.53 Å². The standard InChI is InChI=1S/C19H14IN5O3/c1-28-13-5-3-2-4-12(13)25-18-15(23-19(25)27)14(16(21)26)22-17(24-18)10-6-8-11(20)9-7-10/h2-9H,1H3,(H2,21,26)(H,23,27).